The van der Waals surface area contributed by atoms with Gasteiger partial charge in [0.1, 0.15) is 0 Å². The normalized spacial score (nSPS) is 11.2. The number of rotatable bonds is 8. The van der Waals surface area contributed by atoms with Crippen LogP contribution in [0.4, 0.5) is 0 Å². The zero-order chi connectivity index (χ0) is 19.2. The van der Waals surface area contributed by atoms with Crippen LogP contribution in [0.1, 0.15) is 11.3 Å². The van der Waals surface area contributed by atoms with Crippen LogP contribution in [0.5, 0.6) is 0 Å². The van der Waals surface area contributed by atoms with Crippen molar-refractivity contribution in [2.24, 2.45) is 0 Å². The highest BCUT2D eigenvalue weighted by Gasteiger charge is 2.09. The van der Waals surface area contributed by atoms with Crippen molar-refractivity contribution >= 4 is 46.3 Å². The van der Waals surface area contributed by atoms with Crippen LogP contribution in [0.25, 0.3) is 11.0 Å². The van der Waals surface area contributed by atoms with Gasteiger partial charge in [-0.1, -0.05) is 30.0 Å². The average Bonchev–Trinajstić information content (AvgIpc) is 3.15. The second-order valence-electron chi connectivity index (χ2n) is 6.09. The van der Waals surface area contributed by atoms with Gasteiger partial charge in [-0.15, -0.1) is 23.5 Å². The molecule has 0 fully saturated rings. The van der Waals surface area contributed by atoms with Gasteiger partial charge in [0.15, 0.2) is 5.16 Å². The monoisotopic (exact) mass is 424 g/mol. The van der Waals surface area contributed by atoms with Crippen LogP contribution in [-0.4, -0.2) is 31.4 Å². The minimum atomic E-state index is 0.808. The minimum Gasteiger partial charge on any atom is -0.333 e. The van der Waals surface area contributed by atoms with E-state index in [0.717, 1.165) is 44.2 Å². The summed E-state index contributed by atoms with van der Waals surface area (Å²) in [5, 5.41) is 2.02. The van der Waals surface area contributed by atoms with Crippen molar-refractivity contribution in [1.29, 1.82) is 0 Å². The Morgan fingerprint density at radius 2 is 1.71 bits per heavy atom. The molecule has 28 heavy (non-hydrogen) atoms. The molecule has 142 valence electrons. The van der Waals surface area contributed by atoms with Gasteiger partial charge in [0.2, 0.25) is 0 Å². The molecular weight excluding hydrogens is 404 g/mol. The fourth-order valence-electron chi connectivity index (χ4n) is 2.73. The van der Waals surface area contributed by atoms with Gasteiger partial charge < -0.3 is 4.98 Å². The standard InChI is InChI=1S/C21H20N4S3/c1-15-18(14-28-21-24-16-6-2-3-7-17(16)25-21)22-11-9-19(15)26-12-13-27-20-8-4-5-10-23-20/h2-11H,12-14H2,1H3,(H,24,25). The molecule has 1 aromatic carbocycles. The third-order valence-electron chi connectivity index (χ3n) is 4.20. The van der Waals surface area contributed by atoms with Crippen LogP contribution in [-0.2, 0) is 5.75 Å². The van der Waals surface area contributed by atoms with Crippen LogP contribution in [0.2, 0.25) is 0 Å². The van der Waals surface area contributed by atoms with Gasteiger partial charge >= 0.3 is 0 Å². The van der Waals surface area contributed by atoms with E-state index in [4.69, 9.17) is 0 Å². The van der Waals surface area contributed by atoms with E-state index in [1.54, 1.807) is 23.5 Å². The van der Waals surface area contributed by atoms with E-state index in [1.807, 2.05) is 54.5 Å². The Kier molecular flexibility index (Phi) is 6.57. The number of thioether (sulfide) groups is 3. The lowest BCUT2D eigenvalue weighted by Crippen LogP contribution is -1.95. The zero-order valence-corrected chi connectivity index (χ0v) is 17.9. The quantitative estimate of drug-likeness (QED) is 0.283. The lowest BCUT2D eigenvalue weighted by Gasteiger charge is -2.09. The summed E-state index contributed by atoms with van der Waals surface area (Å²) in [6.07, 6.45) is 3.75. The first-order chi connectivity index (χ1) is 13.8. The molecule has 0 aliphatic carbocycles. The van der Waals surface area contributed by atoms with Crippen molar-refractivity contribution in [3.8, 4) is 0 Å². The molecule has 3 heterocycles. The largest absolute Gasteiger partial charge is 0.333 e. The lowest BCUT2D eigenvalue weighted by molar-refractivity contribution is 1.05. The van der Waals surface area contributed by atoms with E-state index in [2.05, 4.69) is 45.1 Å². The second-order valence-corrected chi connectivity index (χ2v) is 9.31. The van der Waals surface area contributed by atoms with E-state index in [-0.39, 0.29) is 0 Å². The number of H-pyrrole nitrogens is 1. The van der Waals surface area contributed by atoms with E-state index in [0.29, 0.717) is 0 Å². The molecule has 3 aromatic heterocycles. The first kappa shape index (κ1) is 19.4. The molecule has 0 spiro atoms. The topological polar surface area (TPSA) is 54.5 Å². The molecule has 4 aromatic rings. The number of imidazole rings is 1. The number of hydrogen-bond acceptors (Lipinski definition) is 6. The van der Waals surface area contributed by atoms with Crippen LogP contribution >= 0.6 is 35.3 Å². The molecule has 0 atom stereocenters. The van der Waals surface area contributed by atoms with E-state index in [9.17, 15) is 0 Å². The summed E-state index contributed by atoms with van der Waals surface area (Å²) >= 11 is 5.38. The van der Waals surface area contributed by atoms with Gasteiger partial charge in [0, 0.05) is 34.5 Å². The molecule has 0 aliphatic heterocycles. The Hall–Kier alpha value is -1.96. The highest BCUT2D eigenvalue weighted by molar-refractivity contribution is 8.03. The van der Waals surface area contributed by atoms with E-state index >= 15 is 0 Å². The summed E-state index contributed by atoms with van der Waals surface area (Å²) in [5.41, 5.74) is 4.46. The summed E-state index contributed by atoms with van der Waals surface area (Å²) in [5.74, 6) is 2.89. The van der Waals surface area contributed by atoms with Crippen LogP contribution in [0.15, 0.2) is 76.0 Å². The third kappa shape index (κ3) is 4.90. The molecular formula is C21H20N4S3. The Morgan fingerprint density at radius 3 is 2.57 bits per heavy atom. The fourth-order valence-corrected chi connectivity index (χ4v) is 5.53. The van der Waals surface area contributed by atoms with Crippen molar-refractivity contribution in [3.05, 3.63) is 72.2 Å². The number of hydrogen-bond donors (Lipinski definition) is 1. The number of aromatic nitrogens is 4. The van der Waals surface area contributed by atoms with Crippen molar-refractivity contribution in [2.75, 3.05) is 11.5 Å². The molecule has 0 amide bonds. The van der Waals surface area contributed by atoms with Crippen molar-refractivity contribution in [3.63, 3.8) is 0 Å². The van der Waals surface area contributed by atoms with Crippen LogP contribution in [0, 0.1) is 6.92 Å². The Balaban J connectivity index is 1.33. The maximum atomic E-state index is 4.64. The van der Waals surface area contributed by atoms with Crippen LogP contribution < -0.4 is 0 Å². The number of nitrogens with one attached hydrogen (secondary N) is 1. The molecule has 7 heteroatoms. The first-order valence-corrected chi connectivity index (χ1v) is 11.9. The molecule has 0 saturated heterocycles. The number of fused-ring (bicyclic) bond motifs is 1. The molecule has 4 nitrogen and oxygen atoms in total. The smallest absolute Gasteiger partial charge is 0.166 e. The number of pyridine rings is 2. The summed E-state index contributed by atoms with van der Waals surface area (Å²) in [7, 11) is 0. The minimum absolute atomic E-state index is 0.808. The van der Waals surface area contributed by atoms with Gasteiger partial charge in [-0.3, -0.25) is 4.98 Å². The second kappa shape index (κ2) is 9.49. The van der Waals surface area contributed by atoms with Gasteiger partial charge in [-0.2, -0.15) is 0 Å². The van der Waals surface area contributed by atoms with Gasteiger partial charge in [0.05, 0.1) is 21.8 Å². The number of benzene rings is 1. The van der Waals surface area contributed by atoms with Gasteiger partial charge in [-0.05, 0) is 42.8 Å². The molecule has 0 aliphatic rings. The average molecular weight is 425 g/mol. The number of para-hydroxylation sites is 2. The van der Waals surface area contributed by atoms with E-state index < -0.39 is 0 Å². The molecule has 0 radical (unpaired) electrons. The molecule has 0 unspecified atom stereocenters. The van der Waals surface area contributed by atoms with Crippen molar-refractivity contribution in [2.45, 2.75) is 27.8 Å². The SMILES string of the molecule is Cc1c(SCCSc2ccccn2)ccnc1CSc1nc2ccccc2[nH]1. The Morgan fingerprint density at radius 1 is 0.857 bits per heavy atom. The maximum absolute atomic E-state index is 4.64. The van der Waals surface area contributed by atoms with Gasteiger partial charge in [-0.25, -0.2) is 9.97 Å². The fraction of sp³-hybridized carbons (Fsp3) is 0.190. The Labute approximate surface area is 177 Å². The first-order valence-electron chi connectivity index (χ1n) is 8.98. The summed E-state index contributed by atoms with van der Waals surface area (Å²) in [4.78, 5) is 18.3. The highest BCUT2D eigenvalue weighted by atomic mass is 32.2. The van der Waals surface area contributed by atoms with Crippen LogP contribution in [0.3, 0.4) is 0 Å². The molecule has 0 bridgehead atoms. The predicted molar refractivity (Wildman–Crippen MR) is 120 cm³/mol. The number of aromatic amines is 1. The molecule has 1 N–H and O–H groups in total. The molecule has 0 saturated carbocycles. The third-order valence-corrected chi connectivity index (χ3v) is 7.45. The summed E-state index contributed by atoms with van der Waals surface area (Å²) in [6, 6.07) is 16.3. The van der Waals surface area contributed by atoms with Gasteiger partial charge in [0.25, 0.3) is 0 Å². The molecule has 4 rings (SSSR count). The van der Waals surface area contributed by atoms with Crippen molar-refractivity contribution < 1.29 is 0 Å². The highest BCUT2D eigenvalue weighted by Crippen LogP contribution is 2.29. The van der Waals surface area contributed by atoms with E-state index in [1.165, 1.54) is 10.5 Å². The Bertz CT molecular complexity index is 1020. The number of nitrogens with zero attached hydrogens (tertiary/aromatic N) is 3. The maximum Gasteiger partial charge on any atom is 0.166 e. The summed E-state index contributed by atoms with van der Waals surface area (Å²) < 4.78 is 0. The lowest BCUT2D eigenvalue weighted by atomic mass is 10.2. The van der Waals surface area contributed by atoms with Crippen molar-refractivity contribution in [1.82, 2.24) is 19.9 Å². The zero-order valence-electron chi connectivity index (χ0n) is 15.5. The predicted octanol–water partition coefficient (Wildman–Crippen LogP) is 5.84. The summed E-state index contributed by atoms with van der Waals surface area (Å²) in [6.45, 7) is 2.16.